The Morgan fingerprint density at radius 2 is 2.06 bits per heavy atom. The summed E-state index contributed by atoms with van der Waals surface area (Å²) in [5.74, 6) is 0. The van der Waals surface area contributed by atoms with E-state index in [0.717, 1.165) is 19.5 Å². The van der Waals surface area contributed by atoms with Crippen LogP contribution in [0.25, 0.3) is 0 Å². The fourth-order valence-electron chi connectivity index (χ4n) is 2.30. The van der Waals surface area contributed by atoms with Gasteiger partial charge in [-0.05, 0) is 45.6 Å². The van der Waals surface area contributed by atoms with Crippen molar-refractivity contribution < 1.29 is 9.47 Å². The maximum Gasteiger partial charge on any atom is 0.0675 e. The average Bonchev–Trinajstić information content (AvgIpc) is 2.29. The quantitative estimate of drug-likeness (QED) is 0.680. The molecule has 0 aromatic heterocycles. The summed E-state index contributed by atoms with van der Waals surface area (Å²) in [5, 5.41) is 3.39. The van der Waals surface area contributed by atoms with E-state index in [4.69, 9.17) is 9.47 Å². The average molecular weight is 229 g/mol. The molecule has 96 valence electrons. The van der Waals surface area contributed by atoms with Gasteiger partial charge in [0.2, 0.25) is 0 Å². The fraction of sp³-hybridized carbons (Fsp3) is 1.00. The molecule has 3 nitrogen and oxygen atoms in total. The van der Waals surface area contributed by atoms with E-state index in [9.17, 15) is 0 Å². The van der Waals surface area contributed by atoms with Crippen molar-refractivity contribution in [3.05, 3.63) is 0 Å². The zero-order valence-electron chi connectivity index (χ0n) is 11.0. The Bertz CT molecular complexity index is 175. The zero-order chi connectivity index (χ0) is 11.8. The molecule has 1 aliphatic carbocycles. The SMILES string of the molecule is CCCNCC(C)OC1CCCC(OC)C1. The highest BCUT2D eigenvalue weighted by molar-refractivity contribution is 4.74. The van der Waals surface area contributed by atoms with Gasteiger partial charge in [0.05, 0.1) is 18.3 Å². The van der Waals surface area contributed by atoms with E-state index in [1.807, 2.05) is 0 Å². The Labute approximate surface area is 99.9 Å². The van der Waals surface area contributed by atoms with E-state index in [1.54, 1.807) is 7.11 Å². The summed E-state index contributed by atoms with van der Waals surface area (Å²) < 4.78 is 11.4. The van der Waals surface area contributed by atoms with Crippen molar-refractivity contribution in [1.82, 2.24) is 5.32 Å². The largest absolute Gasteiger partial charge is 0.381 e. The van der Waals surface area contributed by atoms with E-state index in [1.165, 1.54) is 25.7 Å². The summed E-state index contributed by atoms with van der Waals surface area (Å²) in [4.78, 5) is 0. The number of hydrogen-bond donors (Lipinski definition) is 1. The lowest BCUT2D eigenvalue weighted by atomic mass is 9.95. The van der Waals surface area contributed by atoms with Crippen LogP contribution < -0.4 is 5.32 Å². The summed E-state index contributed by atoms with van der Waals surface area (Å²) in [7, 11) is 1.80. The monoisotopic (exact) mass is 229 g/mol. The van der Waals surface area contributed by atoms with E-state index in [-0.39, 0.29) is 0 Å². The lowest BCUT2D eigenvalue weighted by Gasteiger charge is -2.30. The normalized spacial score (nSPS) is 27.9. The molecule has 1 fully saturated rings. The summed E-state index contributed by atoms with van der Waals surface area (Å²) in [5.41, 5.74) is 0. The van der Waals surface area contributed by atoms with E-state index in [0.29, 0.717) is 18.3 Å². The van der Waals surface area contributed by atoms with E-state index >= 15 is 0 Å². The number of nitrogens with one attached hydrogen (secondary N) is 1. The molecule has 3 unspecified atom stereocenters. The van der Waals surface area contributed by atoms with Gasteiger partial charge in [-0.3, -0.25) is 0 Å². The number of rotatable bonds is 7. The van der Waals surface area contributed by atoms with Crippen LogP contribution in [-0.2, 0) is 9.47 Å². The molecule has 1 saturated carbocycles. The van der Waals surface area contributed by atoms with Gasteiger partial charge in [-0.25, -0.2) is 0 Å². The summed E-state index contributed by atoms with van der Waals surface area (Å²) in [6, 6.07) is 0. The number of methoxy groups -OCH3 is 1. The van der Waals surface area contributed by atoms with Gasteiger partial charge in [0.15, 0.2) is 0 Å². The second kappa shape index (κ2) is 8.04. The van der Waals surface area contributed by atoms with Crippen molar-refractivity contribution >= 4 is 0 Å². The highest BCUT2D eigenvalue weighted by Gasteiger charge is 2.23. The second-order valence-electron chi connectivity index (χ2n) is 4.80. The van der Waals surface area contributed by atoms with Gasteiger partial charge >= 0.3 is 0 Å². The predicted octanol–water partition coefficient (Wildman–Crippen LogP) is 2.35. The van der Waals surface area contributed by atoms with Gasteiger partial charge in [0, 0.05) is 13.7 Å². The summed E-state index contributed by atoms with van der Waals surface area (Å²) >= 11 is 0. The molecule has 1 aliphatic rings. The van der Waals surface area contributed by atoms with Crippen LogP contribution >= 0.6 is 0 Å². The van der Waals surface area contributed by atoms with E-state index in [2.05, 4.69) is 19.2 Å². The first-order valence-corrected chi connectivity index (χ1v) is 6.65. The molecule has 3 atom stereocenters. The fourth-order valence-corrected chi connectivity index (χ4v) is 2.30. The van der Waals surface area contributed by atoms with Crippen molar-refractivity contribution in [3.63, 3.8) is 0 Å². The van der Waals surface area contributed by atoms with Gasteiger partial charge in [0.1, 0.15) is 0 Å². The molecule has 0 aromatic carbocycles. The third-order valence-electron chi connectivity index (χ3n) is 3.19. The van der Waals surface area contributed by atoms with Crippen LogP contribution in [0.1, 0.15) is 46.0 Å². The van der Waals surface area contributed by atoms with Crippen molar-refractivity contribution in [1.29, 1.82) is 0 Å². The third-order valence-corrected chi connectivity index (χ3v) is 3.19. The Morgan fingerprint density at radius 3 is 2.75 bits per heavy atom. The van der Waals surface area contributed by atoms with Gasteiger partial charge in [0.25, 0.3) is 0 Å². The first kappa shape index (κ1) is 13.9. The molecule has 0 radical (unpaired) electrons. The van der Waals surface area contributed by atoms with Crippen molar-refractivity contribution in [2.75, 3.05) is 20.2 Å². The summed E-state index contributed by atoms with van der Waals surface area (Å²) in [6.45, 7) is 6.38. The van der Waals surface area contributed by atoms with Crippen molar-refractivity contribution in [3.8, 4) is 0 Å². The van der Waals surface area contributed by atoms with Gasteiger partial charge in [-0.2, -0.15) is 0 Å². The molecule has 16 heavy (non-hydrogen) atoms. The van der Waals surface area contributed by atoms with Crippen LogP contribution in [0.2, 0.25) is 0 Å². The predicted molar refractivity (Wildman–Crippen MR) is 66.8 cm³/mol. The molecule has 0 aromatic rings. The molecule has 0 spiro atoms. The molecule has 0 saturated heterocycles. The standard InChI is InChI=1S/C13H27NO2/c1-4-8-14-10-11(2)16-13-7-5-6-12(9-13)15-3/h11-14H,4-10H2,1-3H3. The maximum absolute atomic E-state index is 6.03. The van der Waals surface area contributed by atoms with Gasteiger partial charge < -0.3 is 14.8 Å². The molecular weight excluding hydrogens is 202 g/mol. The molecule has 1 N–H and O–H groups in total. The van der Waals surface area contributed by atoms with Crippen molar-refractivity contribution in [2.45, 2.75) is 64.3 Å². The maximum atomic E-state index is 6.03. The van der Waals surface area contributed by atoms with Crippen LogP contribution in [0.4, 0.5) is 0 Å². The van der Waals surface area contributed by atoms with Crippen LogP contribution in [0, 0.1) is 0 Å². The molecule has 0 bridgehead atoms. The summed E-state index contributed by atoms with van der Waals surface area (Å²) in [6.07, 6.45) is 6.99. The second-order valence-corrected chi connectivity index (χ2v) is 4.80. The minimum absolute atomic E-state index is 0.312. The molecule has 0 aliphatic heterocycles. The van der Waals surface area contributed by atoms with Gasteiger partial charge in [-0.15, -0.1) is 0 Å². The number of ether oxygens (including phenoxy) is 2. The highest BCUT2D eigenvalue weighted by atomic mass is 16.5. The Balaban J connectivity index is 2.14. The third kappa shape index (κ3) is 5.28. The topological polar surface area (TPSA) is 30.5 Å². The minimum atomic E-state index is 0.312. The van der Waals surface area contributed by atoms with Gasteiger partial charge in [-0.1, -0.05) is 6.92 Å². The van der Waals surface area contributed by atoms with Crippen LogP contribution in [-0.4, -0.2) is 38.5 Å². The van der Waals surface area contributed by atoms with E-state index < -0.39 is 0 Å². The minimum Gasteiger partial charge on any atom is -0.381 e. The molecule has 1 rings (SSSR count). The number of hydrogen-bond acceptors (Lipinski definition) is 3. The lowest BCUT2D eigenvalue weighted by molar-refractivity contribution is -0.0579. The molecular formula is C13H27NO2. The first-order valence-electron chi connectivity index (χ1n) is 6.65. The molecule has 3 heteroatoms. The Kier molecular flexibility index (Phi) is 7.01. The lowest BCUT2D eigenvalue weighted by Crippen LogP contribution is -2.34. The zero-order valence-corrected chi connectivity index (χ0v) is 11.0. The first-order chi connectivity index (χ1) is 7.76. The Morgan fingerprint density at radius 1 is 1.31 bits per heavy atom. The highest BCUT2D eigenvalue weighted by Crippen LogP contribution is 2.23. The molecule has 0 amide bonds. The van der Waals surface area contributed by atoms with Crippen LogP contribution in [0.15, 0.2) is 0 Å². The smallest absolute Gasteiger partial charge is 0.0675 e. The van der Waals surface area contributed by atoms with Crippen LogP contribution in [0.5, 0.6) is 0 Å². The Hall–Kier alpha value is -0.120. The molecule has 0 heterocycles. The van der Waals surface area contributed by atoms with Crippen molar-refractivity contribution in [2.24, 2.45) is 0 Å². The van der Waals surface area contributed by atoms with Crippen LogP contribution in [0.3, 0.4) is 0 Å².